The van der Waals surface area contributed by atoms with Crippen molar-refractivity contribution in [3.63, 3.8) is 0 Å². The number of nitrogens with zero attached hydrogens (tertiary/aromatic N) is 3. The number of carbonyl (C=O) groups excluding carboxylic acids is 2. The van der Waals surface area contributed by atoms with Gasteiger partial charge in [-0.15, -0.1) is 0 Å². The largest absolute Gasteiger partial charge is 0.328 e. The average molecular weight is 403 g/mol. The van der Waals surface area contributed by atoms with Gasteiger partial charge in [0.1, 0.15) is 5.82 Å². The molecule has 0 atom stereocenters. The molecule has 2 N–H and O–H groups in total. The van der Waals surface area contributed by atoms with Gasteiger partial charge in [0.05, 0.1) is 24.3 Å². The van der Waals surface area contributed by atoms with Crippen molar-refractivity contribution in [3.8, 4) is 0 Å². The molecule has 1 aliphatic rings. The second kappa shape index (κ2) is 7.40. The second-order valence-electron chi connectivity index (χ2n) is 8.60. The molecule has 0 spiro atoms. The van der Waals surface area contributed by atoms with Gasteiger partial charge in [0.25, 0.3) is 11.8 Å². The summed E-state index contributed by atoms with van der Waals surface area (Å²) < 4.78 is 0. The van der Waals surface area contributed by atoms with Crippen LogP contribution in [0.2, 0.25) is 0 Å². The zero-order chi connectivity index (χ0) is 21.5. The lowest BCUT2D eigenvalue weighted by molar-refractivity contribution is 0.0748. The Balaban J connectivity index is 1.48. The highest BCUT2D eigenvalue weighted by Gasteiger charge is 2.30. The zero-order valence-electron chi connectivity index (χ0n) is 17.6. The van der Waals surface area contributed by atoms with Crippen LogP contribution in [-0.4, -0.2) is 31.9 Å². The smallest absolute Gasteiger partial charge is 0.256 e. The van der Waals surface area contributed by atoms with Gasteiger partial charge in [-0.1, -0.05) is 32.9 Å². The molecular weight excluding hydrogens is 378 g/mol. The van der Waals surface area contributed by atoms with E-state index in [2.05, 4.69) is 41.3 Å². The van der Waals surface area contributed by atoms with Gasteiger partial charge in [-0.3, -0.25) is 19.7 Å². The lowest BCUT2D eigenvalue weighted by atomic mass is 9.87. The van der Waals surface area contributed by atoms with Crippen molar-refractivity contribution in [3.05, 3.63) is 76.2 Å². The summed E-state index contributed by atoms with van der Waals surface area (Å²) in [5, 5.41) is 10.1. The van der Waals surface area contributed by atoms with Crippen LogP contribution in [0.4, 0.5) is 5.82 Å². The Labute approximate surface area is 175 Å². The lowest BCUT2D eigenvalue weighted by Gasteiger charge is -2.19. The molecule has 3 aromatic rings. The van der Waals surface area contributed by atoms with E-state index in [4.69, 9.17) is 0 Å². The number of benzene rings is 1. The van der Waals surface area contributed by atoms with E-state index >= 15 is 0 Å². The number of nitrogens with one attached hydrogen (secondary N) is 2. The van der Waals surface area contributed by atoms with Crippen LogP contribution < -0.4 is 5.32 Å². The van der Waals surface area contributed by atoms with Crippen molar-refractivity contribution >= 4 is 17.6 Å². The highest BCUT2D eigenvalue weighted by Crippen LogP contribution is 2.29. The predicted molar refractivity (Wildman–Crippen MR) is 114 cm³/mol. The molecule has 0 fully saturated rings. The van der Waals surface area contributed by atoms with Gasteiger partial charge in [0.2, 0.25) is 0 Å². The van der Waals surface area contributed by atoms with Crippen LogP contribution in [0, 0.1) is 6.92 Å². The minimum Gasteiger partial charge on any atom is -0.328 e. The van der Waals surface area contributed by atoms with Crippen LogP contribution in [0.15, 0.2) is 42.6 Å². The molecule has 2 aromatic heterocycles. The topological polar surface area (TPSA) is 91.0 Å². The number of pyridine rings is 1. The molecule has 4 rings (SSSR count). The van der Waals surface area contributed by atoms with E-state index in [0.717, 1.165) is 11.3 Å². The fourth-order valence-electron chi connectivity index (χ4n) is 3.57. The Hall–Kier alpha value is -3.48. The number of fused-ring (bicyclic) bond motifs is 1. The van der Waals surface area contributed by atoms with Crippen LogP contribution in [-0.2, 0) is 18.5 Å². The van der Waals surface area contributed by atoms with Crippen molar-refractivity contribution in [2.45, 2.75) is 46.2 Å². The molecule has 0 saturated heterocycles. The molecule has 1 aliphatic heterocycles. The fraction of sp³-hybridized carbons (Fsp3) is 0.304. The number of hydrogen-bond donors (Lipinski definition) is 2. The molecule has 0 radical (unpaired) electrons. The number of hydrogen-bond acceptors (Lipinski definition) is 4. The molecule has 0 unspecified atom stereocenters. The average Bonchev–Trinajstić information content (AvgIpc) is 3.29. The molecule has 30 heavy (non-hydrogen) atoms. The standard InChI is InChI=1S/C23H25N5O2/c1-14-17(6-5-11-24-14)22(30)28-12-18-19(13-28)26-27-20(18)25-21(29)15-7-9-16(10-8-15)23(2,3)4/h5-11H,12-13H2,1-4H3,(H2,25,26,27,29). The van der Waals surface area contributed by atoms with Gasteiger partial charge in [0.15, 0.2) is 0 Å². The SMILES string of the molecule is Cc1ncccc1C(=O)N1Cc2n[nH]c(NC(=O)c3ccc(C(C)(C)C)cc3)c2C1. The van der Waals surface area contributed by atoms with E-state index in [1.807, 2.05) is 31.2 Å². The van der Waals surface area contributed by atoms with E-state index in [-0.39, 0.29) is 17.2 Å². The molecule has 7 heteroatoms. The summed E-state index contributed by atoms with van der Waals surface area (Å²) in [5.41, 5.74) is 4.65. The summed E-state index contributed by atoms with van der Waals surface area (Å²) in [6.07, 6.45) is 1.67. The van der Waals surface area contributed by atoms with Crippen LogP contribution in [0.5, 0.6) is 0 Å². The summed E-state index contributed by atoms with van der Waals surface area (Å²) in [7, 11) is 0. The highest BCUT2D eigenvalue weighted by molar-refractivity contribution is 6.04. The van der Waals surface area contributed by atoms with Crippen LogP contribution in [0.3, 0.4) is 0 Å². The van der Waals surface area contributed by atoms with Crippen molar-refractivity contribution in [2.75, 3.05) is 5.32 Å². The molecule has 3 heterocycles. The first-order chi connectivity index (χ1) is 14.2. The summed E-state index contributed by atoms with van der Waals surface area (Å²) in [5.74, 6) is 0.233. The van der Waals surface area contributed by atoms with Gasteiger partial charge in [0, 0.05) is 23.0 Å². The van der Waals surface area contributed by atoms with E-state index < -0.39 is 0 Å². The van der Waals surface area contributed by atoms with Gasteiger partial charge < -0.3 is 10.2 Å². The van der Waals surface area contributed by atoms with Crippen molar-refractivity contribution in [1.82, 2.24) is 20.1 Å². The van der Waals surface area contributed by atoms with E-state index in [1.54, 1.807) is 23.2 Å². The number of amides is 2. The maximum atomic E-state index is 12.9. The molecule has 0 aliphatic carbocycles. The number of aromatic nitrogens is 3. The van der Waals surface area contributed by atoms with Crippen molar-refractivity contribution in [1.29, 1.82) is 0 Å². The quantitative estimate of drug-likeness (QED) is 0.696. The van der Waals surface area contributed by atoms with Crippen LogP contribution in [0.25, 0.3) is 0 Å². The monoisotopic (exact) mass is 403 g/mol. The lowest BCUT2D eigenvalue weighted by Crippen LogP contribution is -2.27. The van der Waals surface area contributed by atoms with Crippen molar-refractivity contribution in [2.24, 2.45) is 0 Å². The zero-order valence-corrected chi connectivity index (χ0v) is 17.6. The Morgan fingerprint density at radius 3 is 2.50 bits per heavy atom. The maximum absolute atomic E-state index is 12.9. The van der Waals surface area contributed by atoms with Gasteiger partial charge >= 0.3 is 0 Å². The number of carbonyl (C=O) groups is 2. The van der Waals surface area contributed by atoms with Crippen molar-refractivity contribution < 1.29 is 9.59 Å². The maximum Gasteiger partial charge on any atom is 0.256 e. The normalized spacial score (nSPS) is 13.3. The van der Waals surface area contributed by atoms with Gasteiger partial charge in [-0.25, -0.2) is 0 Å². The van der Waals surface area contributed by atoms with Gasteiger partial charge in [-0.05, 0) is 42.2 Å². The molecule has 1 aromatic carbocycles. The summed E-state index contributed by atoms with van der Waals surface area (Å²) in [4.78, 5) is 31.5. The number of H-pyrrole nitrogens is 1. The van der Waals surface area contributed by atoms with E-state index in [1.165, 1.54) is 5.56 Å². The first-order valence-electron chi connectivity index (χ1n) is 9.93. The Morgan fingerprint density at radius 2 is 1.83 bits per heavy atom. The Morgan fingerprint density at radius 1 is 1.10 bits per heavy atom. The molecular formula is C23H25N5O2. The molecule has 0 bridgehead atoms. The van der Waals surface area contributed by atoms with Crippen LogP contribution in [0.1, 0.15) is 64.0 Å². The third-order valence-corrected chi connectivity index (χ3v) is 5.42. The first-order valence-corrected chi connectivity index (χ1v) is 9.93. The third-order valence-electron chi connectivity index (χ3n) is 5.42. The number of aryl methyl sites for hydroxylation is 1. The summed E-state index contributed by atoms with van der Waals surface area (Å²) in [6.45, 7) is 9.01. The molecule has 0 saturated carbocycles. The van der Waals surface area contributed by atoms with E-state index in [0.29, 0.717) is 35.7 Å². The van der Waals surface area contributed by atoms with Crippen LogP contribution >= 0.6 is 0 Å². The highest BCUT2D eigenvalue weighted by atomic mass is 16.2. The minimum absolute atomic E-state index is 0.0296. The molecule has 7 nitrogen and oxygen atoms in total. The Bertz CT molecular complexity index is 1110. The Kier molecular flexibility index (Phi) is 4.89. The fourth-order valence-corrected chi connectivity index (χ4v) is 3.57. The molecule has 2 amide bonds. The number of anilines is 1. The van der Waals surface area contributed by atoms with Gasteiger partial charge in [-0.2, -0.15) is 5.10 Å². The van der Waals surface area contributed by atoms with E-state index in [9.17, 15) is 9.59 Å². The molecule has 154 valence electrons. The number of rotatable bonds is 3. The second-order valence-corrected chi connectivity index (χ2v) is 8.60. The summed E-state index contributed by atoms with van der Waals surface area (Å²) >= 11 is 0. The minimum atomic E-state index is -0.213. The summed E-state index contributed by atoms with van der Waals surface area (Å²) in [6, 6.07) is 11.1. The predicted octanol–water partition coefficient (Wildman–Crippen LogP) is 3.82. The first kappa shape index (κ1) is 19.8. The number of aromatic amines is 1. The third kappa shape index (κ3) is 3.70.